The van der Waals surface area contributed by atoms with Gasteiger partial charge in [0.05, 0.1) is 6.73 Å². The fourth-order valence-electron chi connectivity index (χ4n) is 0.0447. The van der Waals surface area contributed by atoms with Crippen molar-refractivity contribution in [2.24, 2.45) is 0 Å². The molecule has 1 N–H and O–H groups in total. The zero-order chi connectivity index (χ0) is 4.99. The van der Waals surface area contributed by atoms with E-state index < -0.39 is 0 Å². The first-order valence-corrected chi connectivity index (χ1v) is 2.34. The van der Waals surface area contributed by atoms with Gasteiger partial charge in [-0.15, -0.1) is 0 Å². The average molecular weight is 107 g/mol. The SMILES string of the molecule is CN(CO)CS. The van der Waals surface area contributed by atoms with Gasteiger partial charge in [0.2, 0.25) is 0 Å². The lowest BCUT2D eigenvalue weighted by molar-refractivity contribution is 0.152. The molecule has 0 aliphatic rings. The smallest absolute Gasteiger partial charge is 0.0960 e. The fourth-order valence-corrected chi connectivity index (χ4v) is 0.134. The third kappa shape index (κ3) is 2.50. The Kier molecular flexibility index (Phi) is 3.62. The van der Waals surface area contributed by atoms with Gasteiger partial charge in [0.15, 0.2) is 0 Å². The van der Waals surface area contributed by atoms with Crippen molar-refractivity contribution < 1.29 is 5.11 Å². The molecule has 3 heteroatoms. The molecule has 0 aromatic rings. The van der Waals surface area contributed by atoms with Gasteiger partial charge in [-0.1, -0.05) is 0 Å². The molecule has 38 valence electrons. The van der Waals surface area contributed by atoms with E-state index in [1.807, 2.05) is 0 Å². The lowest BCUT2D eigenvalue weighted by Gasteiger charge is -2.05. The highest BCUT2D eigenvalue weighted by atomic mass is 32.1. The van der Waals surface area contributed by atoms with Crippen LogP contribution in [0.5, 0.6) is 0 Å². The summed E-state index contributed by atoms with van der Waals surface area (Å²) in [4.78, 5) is 1.67. The van der Waals surface area contributed by atoms with Gasteiger partial charge >= 0.3 is 0 Å². The number of aliphatic hydroxyl groups excluding tert-OH is 1. The number of hydrogen-bond acceptors (Lipinski definition) is 3. The Hall–Kier alpha value is 0.270. The summed E-state index contributed by atoms with van der Waals surface area (Å²) < 4.78 is 0. The van der Waals surface area contributed by atoms with Gasteiger partial charge in [0, 0.05) is 5.88 Å². The molecule has 6 heavy (non-hydrogen) atoms. The fraction of sp³-hybridized carbons (Fsp3) is 1.00. The van der Waals surface area contributed by atoms with Gasteiger partial charge in [0.25, 0.3) is 0 Å². The molecule has 0 spiro atoms. The summed E-state index contributed by atoms with van der Waals surface area (Å²) in [5.74, 6) is 0.608. The molecule has 0 heterocycles. The number of nitrogens with zero attached hydrogens (tertiary/aromatic N) is 1. The van der Waals surface area contributed by atoms with Crippen LogP contribution in [-0.4, -0.2) is 29.7 Å². The van der Waals surface area contributed by atoms with Gasteiger partial charge in [0.1, 0.15) is 0 Å². The summed E-state index contributed by atoms with van der Waals surface area (Å²) >= 11 is 3.86. The summed E-state index contributed by atoms with van der Waals surface area (Å²) in [5, 5.41) is 8.21. The van der Waals surface area contributed by atoms with Crippen LogP contribution < -0.4 is 0 Å². The number of rotatable bonds is 2. The van der Waals surface area contributed by atoms with Gasteiger partial charge < -0.3 is 5.11 Å². The zero-order valence-corrected chi connectivity index (χ0v) is 4.65. The van der Waals surface area contributed by atoms with E-state index >= 15 is 0 Å². The first-order valence-electron chi connectivity index (χ1n) is 1.71. The molecule has 0 aliphatic heterocycles. The van der Waals surface area contributed by atoms with Crippen LogP contribution in [0.15, 0.2) is 0 Å². The number of hydrogen-bond donors (Lipinski definition) is 2. The number of aliphatic hydroxyl groups is 1. The van der Waals surface area contributed by atoms with Crippen LogP contribution in [-0.2, 0) is 0 Å². The number of thiol groups is 1. The van der Waals surface area contributed by atoms with Crippen LogP contribution in [0.3, 0.4) is 0 Å². The standard InChI is InChI=1S/C3H9NOS/c1-4(2-5)3-6/h5-6H,2-3H2,1H3. The molecule has 2 nitrogen and oxygen atoms in total. The van der Waals surface area contributed by atoms with Crippen molar-refractivity contribution in [2.75, 3.05) is 19.7 Å². The van der Waals surface area contributed by atoms with Crippen molar-refractivity contribution in [3.05, 3.63) is 0 Å². The Morgan fingerprint density at radius 3 is 2.33 bits per heavy atom. The van der Waals surface area contributed by atoms with Crippen LogP contribution >= 0.6 is 12.6 Å². The maximum atomic E-state index is 8.21. The van der Waals surface area contributed by atoms with Crippen LogP contribution in [0.1, 0.15) is 0 Å². The van der Waals surface area contributed by atoms with Crippen molar-refractivity contribution in [3.63, 3.8) is 0 Å². The minimum absolute atomic E-state index is 0.0868. The first-order chi connectivity index (χ1) is 2.81. The minimum atomic E-state index is 0.0868. The predicted octanol–water partition coefficient (Wildman–Crippen LogP) is -0.245. The Morgan fingerprint density at radius 1 is 1.83 bits per heavy atom. The van der Waals surface area contributed by atoms with E-state index in [1.165, 1.54) is 0 Å². The van der Waals surface area contributed by atoms with E-state index in [2.05, 4.69) is 12.6 Å². The second-order valence-electron chi connectivity index (χ2n) is 1.14. The van der Waals surface area contributed by atoms with E-state index in [9.17, 15) is 0 Å². The highest BCUT2D eigenvalue weighted by molar-refractivity contribution is 7.80. The predicted molar refractivity (Wildman–Crippen MR) is 28.7 cm³/mol. The van der Waals surface area contributed by atoms with E-state index in [4.69, 9.17) is 5.11 Å². The van der Waals surface area contributed by atoms with Crippen molar-refractivity contribution in [1.29, 1.82) is 0 Å². The molecule has 0 rings (SSSR count). The van der Waals surface area contributed by atoms with Crippen LogP contribution in [0.25, 0.3) is 0 Å². The molecule has 0 saturated heterocycles. The van der Waals surface area contributed by atoms with E-state index in [-0.39, 0.29) is 6.73 Å². The van der Waals surface area contributed by atoms with Crippen molar-refractivity contribution in [1.82, 2.24) is 4.90 Å². The average Bonchev–Trinajstić information content (AvgIpc) is 1.65. The molecule has 0 aliphatic carbocycles. The molecule has 0 unspecified atom stereocenters. The van der Waals surface area contributed by atoms with Gasteiger partial charge in [-0.2, -0.15) is 12.6 Å². The molecule has 0 atom stereocenters. The highest BCUT2D eigenvalue weighted by Gasteiger charge is 1.83. The molecule has 0 fully saturated rings. The highest BCUT2D eigenvalue weighted by Crippen LogP contribution is 1.78. The molecular formula is C3H9NOS. The summed E-state index contributed by atoms with van der Waals surface area (Å²) in [6.45, 7) is 0.0868. The Labute approximate surface area is 43.2 Å². The van der Waals surface area contributed by atoms with E-state index in [0.29, 0.717) is 5.88 Å². The zero-order valence-electron chi connectivity index (χ0n) is 3.76. The molecule has 0 aromatic heterocycles. The molecular weight excluding hydrogens is 98.1 g/mol. The monoisotopic (exact) mass is 107 g/mol. The normalized spacial score (nSPS) is 10.0. The quantitative estimate of drug-likeness (QED) is 0.375. The molecule has 0 amide bonds. The van der Waals surface area contributed by atoms with E-state index in [1.54, 1.807) is 11.9 Å². The lowest BCUT2D eigenvalue weighted by Crippen LogP contribution is -2.16. The third-order valence-corrected chi connectivity index (χ3v) is 0.966. The Balaban J connectivity index is 2.75. The molecule has 0 aromatic carbocycles. The van der Waals surface area contributed by atoms with Gasteiger partial charge in [-0.3, -0.25) is 4.90 Å². The molecule has 0 radical (unpaired) electrons. The molecule has 0 bridgehead atoms. The van der Waals surface area contributed by atoms with Crippen molar-refractivity contribution in [2.45, 2.75) is 0 Å². The van der Waals surface area contributed by atoms with Crippen LogP contribution in [0, 0.1) is 0 Å². The van der Waals surface area contributed by atoms with Gasteiger partial charge in [-0.25, -0.2) is 0 Å². The topological polar surface area (TPSA) is 23.5 Å². The summed E-state index contributed by atoms with van der Waals surface area (Å²) in [5.41, 5.74) is 0. The summed E-state index contributed by atoms with van der Waals surface area (Å²) in [6.07, 6.45) is 0. The van der Waals surface area contributed by atoms with E-state index in [0.717, 1.165) is 0 Å². The molecule has 0 saturated carbocycles. The summed E-state index contributed by atoms with van der Waals surface area (Å²) in [6, 6.07) is 0. The largest absolute Gasteiger partial charge is 0.381 e. The third-order valence-electron chi connectivity index (χ3n) is 0.483. The first kappa shape index (κ1) is 6.27. The van der Waals surface area contributed by atoms with Crippen LogP contribution in [0.4, 0.5) is 0 Å². The van der Waals surface area contributed by atoms with Crippen molar-refractivity contribution >= 4 is 12.6 Å². The van der Waals surface area contributed by atoms with Gasteiger partial charge in [-0.05, 0) is 7.05 Å². The second kappa shape index (κ2) is 3.46. The minimum Gasteiger partial charge on any atom is -0.381 e. The Morgan fingerprint density at radius 2 is 2.33 bits per heavy atom. The maximum Gasteiger partial charge on any atom is 0.0960 e. The Bertz CT molecular complexity index is 30.0. The second-order valence-corrected chi connectivity index (χ2v) is 1.42. The summed E-state index contributed by atoms with van der Waals surface area (Å²) in [7, 11) is 1.78. The van der Waals surface area contributed by atoms with Crippen molar-refractivity contribution in [3.8, 4) is 0 Å². The maximum absolute atomic E-state index is 8.21. The van der Waals surface area contributed by atoms with Crippen LogP contribution in [0.2, 0.25) is 0 Å². The lowest BCUT2D eigenvalue weighted by atomic mass is 10.9.